The Bertz CT molecular complexity index is 376. The Balaban J connectivity index is 2.87. The van der Waals surface area contributed by atoms with Gasteiger partial charge in [-0.1, -0.05) is 0 Å². The van der Waals surface area contributed by atoms with Crippen LogP contribution in [-0.4, -0.2) is 39.4 Å². The minimum atomic E-state index is -1.74. The van der Waals surface area contributed by atoms with Crippen LogP contribution < -0.4 is 5.32 Å². The van der Waals surface area contributed by atoms with Gasteiger partial charge in [-0.3, -0.25) is 10.0 Å². The van der Waals surface area contributed by atoms with Crippen molar-refractivity contribution in [2.75, 3.05) is 12.4 Å². The fraction of sp³-hybridized carbons (Fsp3) is 0.125. The number of rotatable bonds is 2. The van der Waals surface area contributed by atoms with Crippen molar-refractivity contribution in [1.82, 2.24) is 10.0 Å². The van der Waals surface area contributed by atoms with Gasteiger partial charge in [0.15, 0.2) is 0 Å². The smallest absolute Gasteiger partial charge is 0.439 e. The average molecular weight is 211 g/mol. The van der Waals surface area contributed by atoms with Gasteiger partial charge in [-0.05, 0) is 12.1 Å². The normalized spacial score (nSPS) is 9.47. The standard InChI is InChI=1S/C8H9N3O4/c1-9-6-3-2-5(4-10-6)7(12)11(15)8(13)14/h2-4,15H,1H3,(H,9,10)(H,13,14). The van der Waals surface area contributed by atoms with Crippen molar-refractivity contribution in [3.05, 3.63) is 23.9 Å². The second-order valence-electron chi connectivity index (χ2n) is 2.58. The molecule has 15 heavy (non-hydrogen) atoms. The van der Waals surface area contributed by atoms with Crippen molar-refractivity contribution in [2.24, 2.45) is 0 Å². The molecule has 1 rings (SSSR count). The highest BCUT2D eigenvalue weighted by Gasteiger charge is 2.20. The third kappa shape index (κ3) is 2.41. The molecular formula is C8H9N3O4. The van der Waals surface area contributed by atoms with Crippen LogP contribution in [0.5, 0.6) is 0 Å². The van der Waals surface area contributed by atoms with Gasteiger partial charge in [-0.15, -0.1) is 5.06 Å². The fourth-order valence-electron chi connectivity index (χ4n) is 0.877. The average Bonchev–Trinajstić information content (AvgIpc) is 2.27. The number of hydroxylamine groups is 2. The van der Waals surface area contributed by atoms with Gasteiger partial charge < -0.3 is 10.4 Å². The van der Waals surface area contributed by atoms with E-state index in [0.717, 1.165) is 0 Å². The van der Waals surface area contributed by atoms with E-state index < -0.39 is 17.1 Å². The van der Waals surface area contributed by atoms with Crippen LogP contribution in [0.1, 0.15) is 10.4 Å². The van der Waals surface area contributed by atoms with Crippen LogP contribution >= 0.6 is 0 Å². The highest BCUT2D eigenvalue weighted by atomic mass is 16.6. The van der Waals surface area contributed by atoms with Crippen molar-refractivity contribution in [1.29, 1.82) is 0 Å². The summed E-state index contributed by atoms with van der Waals surface area (Å²) in [5.74, 6) is -0.510. The molecule has 2 amide bonds. The first-order valence-corrected chi connectivity index (χ1v) is 3.96. The molecule has 80 valence electrons. The second kappa shape index (κ2) is 4.38. The van der Waals surface area contributed by atoms with Crippen LogP contribution in [0.15, 0.2) is 18.3 Å². The molecule has 0 bridgehead atoms. The van der Waals surface area contributed by atoms with Crippen molar-refractivity contribution < 1.29 is 19.9 Å². The Morgan fingerprint density at radius 3 is 2.53 bits per heavy atom. The van der Waals surface area contributed by atoms with E-state index in [0.29, 0.717) is 5.82 Å². The molecule has 0 aliphatic rings. The van der Waals surface area contributed by atoms with Crippen molar-refractivity contribution >= 4 is 17.8 Å². The lowest BCUT2D eigenvalue weighted by Crippen LogP contribution is -2.32. The maximum atomic E-state index is 11.2. The predicted octanol–water partition coefficient (Wildman–Crippen LogP) is 0.633. The Morgan fingerprint density at radius 2 is 2.13 bits per heavy atom. The Hall–Kier alpha value is -2.15. The molecule has 7 nitrogen and oxygen atoms in total. The first-order chi connectivity index (χ1) is 7.06. The fourth-order valence-corrected chi connectivity index (χ4v) is 0.877. The summed E-state index contributed by atoms with van der Waals surface area (Å²) >= 11 is 0. The van der Waals surface area contributed by atoms with E-state index >= 15 is 0 Å². The van der Waals surface area contributed by atoms with Crippen molar-refractivity contribution in [2.45, 2.75) is 0 Å². The topological polar surface area (TPSA) is 103 Å². The Kier molecular flexibility index (Phi) is 3.19. The monoisotopic (exact) mass is 211 g/mol. The van der Waals surface area contributed by atoms with Crippen LogP contribution in [0.25, 0.3) is 0 Å². The number of hydrogen-bond donors (Lipinski definition) is 3. The predicted molar refractivity (Wildman–Crippen MR) is 49.8 cm³/mol. The van der Waals surface area contributed by atoms with Crippen LogP contribution in [0, 0.1) is 0 Å². The molecule has 0 aliphatic carbocycles. The van der Waals surface area contributed by atoms with Crippen LogP contribution in [0.4, 0.5) is 10.6 Å². The third-order valence-corrected chi connectivity index (χ3v) is 1.64. The number of nitrogens with one attached hydrogen (secondary N) is 1. The van der Waals surface area contributed by atoms with Gasteiger partial charge in [0.05, 0.1) is 5.56 Å². The first kappa shape index (κ1) is 10.9. The molecular weight excluding hydrogens is 202 g/mol. The lowest BCUT2D eigenvalue weighted by atomic mass is 10.2. The first-order valence-electron chi connectivity index (χ1n) is 3.96. The summed E-state index contributed by atoms with van der Waals surface area (Å²) < 4.78 is 0. The zero-order valence-electron chi connectivity index (χ0n) is 7.84. The summed E-state index contributed by atoms with van der Waals surface area (Å²) in [7, 11) is 1.65. The summed E-state index contributed by atoms with van der Waals surface area (Å²) in [5, 5.41) is 19.5. The van der Waals surface area contributed by atoms with Gasteiger partial charge in [-0.25, -0.2) is 9.78 Å². The minimum Gasteiger partial charge on any atom is -0.463 e. The third-order valence-electron chi connectivity index (χ3n) is 1.64. The molecule has 0 saturated heterocycles. The van der Waals surface area contributed by atoms with Gasteiger partial charge >= 0.3 is 6.09 Å². The molecule has 1 heterocycles. The van der Waals surface area contributed by atoms with Crippen molar-refractivity contribution in [3.8, 4) is 0 Å². The molecule has 1 aromatic rings. The number of carboxylic acid groups (broad SMARTS) is 1. The molecule has 7 heteroatoms. The van der Waals surface area contributed by atoms with E-state index in [2.05, 4.69) is 10.3 Å². The number of carbonyl (C=O) groups is 2. The summed E-state index contributed by atoms with van der Waals surface area (Å²) in [4.78, 5) is 25.3. The maximum absolute atomic E-state index is 11.2. The quantitative estimate of drug-likeness (QED) is 0.489. The summed E-state index contributed by atoms with van der Waals surface area (Å²) in [5.41, 5.74) is -0.0149. The molecule has 0 atom stereocenters. The molecule has 0 radical (unpaired) electrons. The number of nitrogens with zero attached hydrogens (tertiary/aromatic N) is 2. The van der Waals surface area contributed by atoms with E-state index in [1.807, 2.05) is 0 Å². The number of aromatic nitrogens is 1. The van der Waals surface area contributed by atoms with Gasteiger partial charge in [0.25, 0.3) is 5.91 Å². The van der Waals surface area contributed by atoms with Crippen LogP contribution in [0.3, 0.4) is 0 Å². The number of pyridine rings is 1. The molecule has 0 aliphatic heterocycles. The van der Waals surface area contributed by atoms with Crippen LogP contribution in [0.2, 0.25) is 0 Å². The zero-order chi connectivity index (χ0) is 11.4. The highest BCUT2D eigenvalue weighted by Crippen LogP contribution is 2.06. The Morgan fingerprint density at radius 1 is 1.47 bits per heavy atom. The number of carbonyl (C=O) groups excluding carboxylic acids is 1. The number of hydrogen-bond acceptors (Lipinski definition) is 5. The van der Waals surface area contributed by atoms with Gasteiger partial charge in [0.1, 0.15) is 5.82 Å². The lowest BCUT2D eigenvalue weighted by molar-refractivity contribution is -0.0396. The molecule has 0 aromatic carbocycles. The van der Waals surface area contributed by atoms with Gasteiger partial charge in [0.2, 0.25) is 0 Å². The van der Waals surface area contributed by atoms with Crippen LogP contribution in [-0.2, 0) is 0 Å². The zero-order valence-corrected chi connectivity index (χ0v) is 7.84. The molecule has 0 saturated carbocycles. The molecule has 0 spiro atoms. The minimum absolute atomic E-state index is 0.0149. The molecule has 0 unspecified atom stereocenters. The number of imide groups is 1. The molecule has 3 N–H and O–H groups in total. The number of amides is 2. The second-order valence-corrected chi connectivity index (χ2v) is 2.58. The summed E-state index contributed by atoms with van der Waals surface area (Å²) in [6, 6.07) is 2.84. The largest absolute Gasteiger partial charge is 0.463 e. The molecule has 1 aromatic heterocycles. The van der Waals surface area contributed by atoms with E-state index in [1.165, 1.54) is 18.3 Å². The van der Waals surface area contributed by atoms with E-state index in [-0.39, 0.29) is 5.56 Å². The summed E-state index contributed by atoms with van der Waals surface area (Å²) in [6.07, 6.45) is -0.571. The highest BCUT2D eigenvalue weighted by molar-refractivity contribution is 6.01. The van der Waals surface area contributed by atoms with Gasteiger partial charge in [0, 0.05) is 13.2 Å². The number of anilines is 1. The van der Waals surface area contributed by atoms with E-state index in [4.69, 9.17) is 10.3 Å². The van der Waals surface area contributed by atoms with Gasteiger partial charge in [-0.2, -0.15) is 0 Å². The van der Waals surface area contributed by atoms with Crippen molar-refractivity contribution in [3.63, 3.8) is 0 Å². The lowest BCUT2D eigenvalue weighted by Gasteiger charge is -2.08. The van der Waals surface area contributed by atoms with E-state index in [9.17, 15) is 9.59 Å². The maximum Gasteiger partial charge on any atom is 0.439 e. The Labute approximate surface area is 84.9 Å². The SMILES string of the molecule is CNc1ccc(C(=O)N(O)C(=O)O)cn1. The van der Waals surface area contributed by atoms with E-state index in [1.54, 1.807) is 7.05 Å². The molecule has 0 fully saturated rings. The summed E-state index contributed by atoms with van der Waals surface area (Å²) in [6.45, 7) is 0.